The minimum atomic E-state index is -3.83. The summed E-state index contributed by atoms with van der Waals surface area (Å²) >= 11 is 5.96. The number of hydrogen-bond acceptors (Lipinski definition) is 4. The van der Waals surface area contributed by atoms with Gasteiger partial charge in [-0.1, -0.05) is 17.7 Å². The van der Waals surface area contributed by atoms with Gasteiger partial charge in [-0.2, -0.15) is 0 Å². The Kier molecular flexibility index (Phi) is 6.63. The summed E-state index contributed by atoms with van der Waals surface area (Å²) in [6.45, 7) is 3.91. The zero-order valence-electron chi connectivity index (χ0n) is 14.6. The number of benzene rings is 2. The Balaban J connectivity index is 1.84. The van der Waals surface area contributed by atoms with Gasteiger partial charge in [-0.05, 0) is 61.7 Å². The van der Waals surface area contributed by atoms with Crippen LogP contribution in [0.25, 0.3) is 0 Å². The van der Waals surface area contributed by atoms with Crippen LogP contribution >= 0.6 is 11.6 Å². The minimum absolute atomic E-state index is 0.00302. The molecule has 0 heterocycles. The first-order chi connectivity index (χ1) is 12.2. The predicted octanol–water partition coefficient (Wildman–Crippen LogP) is 3.40. The van der Waals surface area contributed by atoms with Crippen LogP contribution < -0.4 is 15.2 Å². The molecule has 26 heavy (non-hydrogen) atoms. The molecule has 2 aromatic carbocycles. The van der Waals surface area contributed by atoms with Crippen LogP contribution in [0.4, 0.5) is 5.69 Å². The summed E-state index contributed by atoms with van der Waals surface area (Å²) in [6, 6.07) is 9.96. The maximum Gasteiger partial charge on any atom is 0.238 e. The number of halogens is 1. The first-order valence-electron chi connectivity index (χ1n) is 7.99. The first-order valence-corrected chi connectivity index (χ1v) is 9.91. The van der Waals surface area contributed by atoms with Crippen LogP contribution in [0.2, 0.25) is 5.02 Å². The summed E-state index contributed by atoms with van der Waals surface area (Å²) < 4.78 is 28.6. The van der Waals surface area contributed by atoms with Gasteiger partial charge in [-0.25, -0.2) is 13.6 Å². The number of rotatable bonds is 7. The summed E-state index contributed by atoms with van der Waals surface area (Å²) in [5.74, 6) is 0.466. The molecule has 140 valence electrons. The van der Waals surface area contributed by atoms with Crippen LogP contribution in [0.1, 0.15) is 24.0 Å². The Bertz CT molecular complexity index is 913. The molecule has 2 aromatic rings. The monoisotopic (exact) mass is 396 g/mol. The second-order valence-corrected chi connectivity index (χ2v) is 7.87. The fourth-order valence-electron chi connectivity index (χ4n) is 2.34. The molecular weight excluding hydrogens is 376 g/mol. The molecule has 0 fully saturated rings. The Morgan fingerprint density at radius 2 is 1.88 bits per heavy atom. The third-order valence-electron chi connectivity index (χ3n) is 3.72. The molecule has 0 radical (unpaired) electrons. The lowest BCUT2D eigenvalue weighted by atomic mass is 10.2. The molecule has 2 rings (SSSR count). The van der Waals surface area contributed by atoms with Crippen LogP contribution in [-0.4, -0.2) is 20.9 Å². The maximum atomic E-state index is 12.0. The molecule has 1 amide bonds. The van der Waals surface area contributed by atoms with Crippen LogP contribution in [0.15, 0.2) is 41.3 Å². The SMILES string of the molecule is Cc1cc(OCCCC(=O)Nc2ccc(C)c(S(N)(=O)=O)c2)ccc1Cl. The molecule has 0 unspecified atom stereocenters. The third kappa shape index (κ3) is 5.72. The number of ether oxygens (including phenoxy) is 1. The Hall–Kier alpha value is -2.09. The normalized spacial score (nSPS) is 11.2. The lowest BCUT2D eigenvalue weighted by molar-refractivity contribution is -0.116. The molecule has 6 nitrogen and oxygen atoms in total. The van der Waals surface area contributed by atoms with Gasteiger partial charge < -0.3 is 10.1 Å². The molecule has 0 saturated carbocycles. The van der Waals surface area contributed by atoms with E-state index < -0.39 is 10.0 Å². The van der Waals surface area contributed by atoms with Gasteiger partial charge in [0.15, 0.2) is 0 Å². The molecule has 8 heteroatoms. The van der Waals surface area contributed by atoms with E-state index in [9.17, 15) is 13.2 Å². The second-order valence-electron chi connectivity index (χ2n) is 5.94. The molecule has 0 aliphatic heterocycles. The van der Waals surface area contributed by atoms with Crippen molar-refractivity contribution in [2.45, 2.75) is 31.6 Å². The Labute approximate surface area is 158 Å². The zero-order chi connectivity index (χ0) is 19.3. The number of nitrogens with one attached hydrogen (secondary N) is 1. The van der Waals surface area contributed by atoms with E-state index in [2.05, 4.69) is 5.32 Å². The standard InChI is InChI=1S/C18H21ClN2O4S/c1-12-5-6-14(11-17(12)26(20,23)24)21-18(22)4-3-9-25-15-7-8-16(19)13(2)10-15/h5-8,10-11H,3-4,9H2,1-2H3,(H,21,22)(H2,20,23,24). The fraction of sp³-hybridized carbons (Fsp3) is 0.278. The molecule has 0 saturated heterocycles. The average Bonchev–Trinajstić information content (AvgIpc) is 2.55. The second kappa shape index (κ2) is 8.53. The smallest absolute Gasteiger partial charge is 0.238 e. The zero-order valence-corrected chi connectivity index (χ0v) is 16.2. The highest BCUT2D eigenvalue weighted by Crippen LogP contribution is 2.21. The van der Waals surface area contributed by atoms with Crippen LogP contribution in [-0.2, 0) is 14.8 Å². The quantitative estimate of drug-likeness (QED) is 0.700. The third-order valence-corrected chi connectivity index (χ3v) is 5.20. The summed E-state index contributed by atoms with van der Waals surface area (Å²) in [7, 11) is -3.83. The molecule has 0 bridgehead atoms. The summed E-state index contributed by atoms with van der Waals surface area (Å²) in [4.78, 5) is 12.0. The van der Waals surface area contributed by atoms with Crippen molar-refractivity contribution in [2.24, 2.45) is 5.14 Å². The minimum Gasteiger partial charge on any atom is -0.494 e. The lowest BCUT2D eigenvalue weighted by Crippen LogP contribution is -2.16. The van der Waals surface area contributed by atoms with Crippen molar-refractivity contribution in [3.8, 4) is 5.75 Å². The number of sulfonamides is 1. The van der Waals surface area contributed by atoms with Gasteiger partial charge in [0.05, 0.1) is 11.5 Å². The number of anilines is 1. The van der Waals surface area contributed by atoms with Crippen molar-refractivity contribution in [3.05, 3.63) is 52.5 Å². The van der Waals surface area contributed by atoms with Gasteiger partial charge in [0.2, 0.25) is 15.9 Å². The highest BCUT2D eigenvalue weighted by atomic mass is 35.5. The van der Waals surface area contributed by atoms with Gasteiger partial charge in [-0.3, -0.25) is 4.79 Å². The van der Waals surface area contributed by atoms with Crippen molar-refractivity contribution in [3.63, 3.8) is 0 Å². The van der Waals surface area contributed by atoms with Crippen molar-refractivity contribution in [1.29, 1.82) is 0 Å². The van der Waals surface area contributed by atoms with Gasteiger partial charge in [-0.15, -0.1) is 0 Å². The number of primary sulfonamides is 1. The first kappa shape index (κ1) is 20.2. The topological polar surface area (TPSA) is 98.5 Å². The summed E-state index contributed by atoms with van der Waals surface area (Å²) in [6.07, 6.45) is 0.757. The molecule has 0 atom stereocenters. The van der Waals surface area contributed by atoms with Gasteiger partial charge >= 0.3 is 0 Å². The van der Waals surface area contributed by atoms with Crippen molar-refractivity contribution in [2.75, 3.05) is 11.9 Å². The molecular formula is C18H21ClN2O4S. The fourth-order valence-corrected chi connectivity index (χ4v) is 3.26. The van der Waals surface area contributed by atoms with E-state index in [-0.39, 0.29) is 17.2 Å². The largest absolute Gasteiger partial charge is 0.494 e. The van der Waals surface area contributed by atoms with E-state index in [1.807, 2.05) is 13.0 Å². The molecule has 0 spiro atoms. The Morgan fingerprint density at radius 1 is 1.15 bits per heavy atom. The maximum absolute atomic E-state index is 12.0. The molecule has 0 aliphatic rings. The number of carbonyl (C=O) groups excluding carboxylic acids is 1. The van der Waals surface area contributed by atoms with Crippen LogP contribution in [0, 0.1) is 13.8 Å². The van der Waals surface area contributed by atoms with Crippen LogP contribution in [0.3, 0.4) is 0 Å². The van der Waals surface area contributed by atoms with Crippen molar-refractivity contribution >= 4 is 33.2 Å². The summed E-state index contributed by atoms with van der Waals surface area (Å²) in [5.41, 5.74) is 1.84. The van der Waals surface area contributed by atoms with Crippen molar-refractivity contribution in [1.82, 2.24) is 0 Å². The molecule has 0 aliphatic carbocycles. The molecule has 3 N–H and O–H groups in total. The van der Waals surface area contributed by atoms with Gasteiger partial charge in [0.1, 0.15) is 5.75 Å². The number of hydrogen-bond donors (Lipinski definition) is 2. The number of carbonyl (C=O) groups is 1. The van der Waals surface area contributed by atoms with E-state index in [0.717, 1.165) is 5.56 Å². The van der Waals surface area contributed by atoms with Gasteiger partial charge in [0.25, 0.3) is 0 Å². The highest BCUT2D eigenvalue weighted by molar-refractivity contribution is 7.89. The van der Waals surface area contributed by atoms with E-state index in [1.165, 1.54) is 6.07 Å². The number of nitrogens with two attached hydrogens (primary N) is 1. The highest BCUT2D eigenvalue weighted by Gasteiger charge is 2.13. The van der Waals surface area contributed by atoms with E-state index in [0.29, 0.717) is 35.1 Å². The van der Waals surface area contributed by atoms with E-state index in [4.69, 9.17) is 21.5 Å². The number of amides is 1. The predicted molar refractivity (Wildman–Crippen MR) is 102 cm³/mol. The average molecular weight is 397 g/mol. The number of aryl methyl sites for hydroxylation is 2. The molecule has 0 aromatic heterocycles. The van der Waals surface area contributed by atoms with E-state index in [1.54, 1.807) is 31.2 Å². The summed E-state index contributed by atoms with van der Waals surface area (Å²) in [5, 5.41) is 8.51. The van der Waals surface area contributed by atoms with Crippen LogP contribution in [0.5, 0.6) is 5.75 Å². The lowest BCUT2D eigenvalue weighted by Gasteiger charge is -2.10. The Morgan fingerprint density at radius 3 is 2.54 bits per heavy atom. The van der Waals surface area contributed by atoms with E-state index >= 15 is 0 Å². The van der Waals surface area contributed by atoms with Gasteiger partial charge in [0, 0.05) is 17.1 Å². The van der Waals surface area contributed by atoms with Crippen molar-refractivity contribution < 1.29 is 17.9 Å².